The van der Waals surface area contributed by atoms with Gasteiger partial charge in [-0.2, -0.15) is 0 Å². The Balaban J connectivity index is 1.79. The summed E-state index contributed by atoms with van der Waals surface area (Å²) < 4.78 is 1.05. The van der Waals surface area contributed by atoms with E-state index in [4.69, 9.17) is 4.84 Å². The summed E-state index contributed by atoms with van der Waals surface area (Å²) in [4.78, 5) is 7.07. The van der Waals surface area contributed by atoms with Crippen LogP contribution < -0.4 is 4.84 Å². The summed E-state index contributed by atoms with van der Waals surface area (Å²) in [6.07, 6.45) is 0. The normalized spacial score (nSPS) is 10.7. The zero-order valence-electron chi connectivity index (χ0n) is 9.45. The van der Waals surface area contributed by atoms with Crippen molar-refractivity contribution >= 4 is 27.0 Å². The number of hydrogen-bond acceptors (Lipinski definition) is 3. The van der Waals surface area contributed by atoms with Crippen LogP contribution in [0.5, 0.6) is 0 Å². The van der Waals surface area contributed by atoms with Crippen LogP contribution in [0.1, 0.15) is 5.56 Å². The molecular weight excluding hydrogens is 294 g/mol. The minimum atomic E-state index is 0.459. The van der Waals surface area contributed by atoms with Crippen LogP contribution >= 0.6 is 15.9 Å². The van der Waals surface area contributed by atoms with E-state index in [9.17, 15) is 0 Å². The molecule has 2 aromatic carbocycles. The topological polar surface area (TPSA) is 39.9 Å². The first-order valence-electron chi connectivity index (χ1n) is 5.51. The van der Waals surface area contributed by atoms with Gasteiger partial charge >= 0.3 is 0 Å². The van der Waals surface area contributed by atoms with Gasteiger partial charge in [0.05, 0.1) is 0 Å². The van der Waals surface area contributed by atoms with E-state index in [-0.39, 0.29) is 0 Å². The highest BCUT2D eigenvalue weighted by Crippen LogP contribution is 2.12. The number of benzene rings is 2. The lowest BCUT2D eigenvalue weighted by atomic mass is 10.2. The molecule has 0 N–H and O–H groups in total. The summed E-state index contributed by atoms with van der Waals surface area (Å²) in [6, 6.07) is 15.7. The van der Waals surface area contributed by atoms with Gasteiger partial charge in [-0.25, -0.2) is 0 Å². The van der Waals surface area contributed by atoms with Crippen molar-refractivity contribution in [2.75, 3.05) is 0 Å². The van der Waals surface area contributed by atoms with E-state index >= 15 is 0 Å². The standard InChI is InChI=1S/C13H10BrN3O/c14-11-7-5-10(6-8-11)9-18-17-13-4-2-1-3-12(13)15-16-17/h1-8H,9H2. The van der Waals surface area contributed by atoms with Crippen LogP contribution in [-0.4, -0.2) is 15.2 Å². The Labute approximate surface area is 112 Å². The average Bonchev–Trinajstić information content (AvgIpc) is 2.82. The molecule has 0 aliphatic rings. The van der Waals surface area contributed by atoms with Gasteiger partial charge in [-0.3, -0.25) is 0 Å². The van der Waals surface area contributed by atoms with Crippen molar-refractivity contribution in [1.29, 1.82) is 0 Å². The lowest BCUT2D eigenvalue weighted by Crippen LogP contribution is -2.12. The molecule has 0 bridgehead atoms. The van der Waals surface area contributed by atoms with Crippen LogP contribution in [-0.2, 0) is 6.61 Å². The summed E-state index contributed by atoms with van der Waals surface area (Å²) in [6.45, 7) is 0.459. The first-order chi connectivity index (χ1) is 8.83. The summed E-state index contributed by atoms with van der Waals surface area (Å²) >= 11 is 3.40. The summed E-state index contributed by atoms with van der Waals surface area (Å²) in [5.41, 5.74) is 2.78. The molecule has 0 spiro atoms. The highest BCUT2D eigenvalue weighted by molar-refractivity contribution is 9.10. The van der Waals surface area contributed by atoms with Gasteiger partial charge in [0.25, 0.3) is 0 Å². The van der Waals surface area contributed by atoms with Gasteiger partial charge < -0.3 is 4.84 Å². The van der Waals surface area contributed by atoms with Gasteiger partial charge in [0.2, 0.25) is 0 Å². The zero-order chi connectivity index (χ0) is 12.4. The lowest BCUT2D eigenvalue weighted by molar-refractivity contribution is 0.0751. The largest absolute Gasteiger partial charge is 0.390 e. The number of aromatic nitrogens is 3. The van der Waals surface area contributed by atoms with Crippen molar-refractivity contribution in [2.45, 2.75) is 6.61 Å². The number of halogens is 1. The number of rotatable bonds is 3. The van der Waals surface area contributed by atoms with Gasteiger partial charge in [0.15, 0.2) is 0 Å². The minimum absolute atomic E-state index is 0.459. The van der Waals surface area contributed by atoms with Crippen LogP contribution in [0.15, 0.2) is 53.0 Å². The van der Waals surface area contributed by atoms with E-state index in [0.29, 0.717) is 6.61 Å². The third-order valence-corrected chi connectivity index (χ3v) is 3.12. The molecule has 3 aromatic rings. The molecule has 0 amide bonds. The van der Waals surface area contributed by atoms with Gasteiger partial charge in [-0.05, 0) is 35.0 Å². The molecule has 90 valence electrons. The van der Waals surface area contributed by atoms with Gasteiger partial charge in [0.1, 0.15) is 17.6 Å². The van der Waals surface area contributed by atoms with Crippen molar-refractivity contribution in [3.05, 3.63) is 58.6 Å². The Bertz CT molecular complexity index is 663. The van der Waals surface area contributed by atoms with Crippen molar-refractivity contribution in [3.63, 3.8) is 0 Å². The maximum Gasteiger partial charge on any atom is 0.142 e. The molecule has 5 heteroatoms. The first kappa shape index (κ1) is 11.2. The van der Waals surface area contributed by atoms with Crippen molar-refractivity contribution < 1.29 is 4.84 Å². The Morgan fingerprint density at radius 1 is 1.06 bits per heavy atom. The number of fused-ring (bicyclic) bond motifs is 1. The van der Waals surface area contributed by atoms with Gasteiger partial charge in [0, 0.05) is 4.47 Å². The lowest BCUT2D eigenvalue weighted by Gasteiger charge is -2.05. The highest BCUT2D eigenvalue weighted by atomic mass is 79.9. The van der Waals surface area contributed by atoms with Gasteiger partial charge in [-0.15, -0.1) is 5.10 Å². The fourth-order valence-electron chi connectivity index (χ4n) is 1.66. The molecule has 1 aromatic heterocycles. The van der Waals surface area contributed by atoms with Gasteiger partial charge in [-0.1, -0.05) is 45.0 Å². The van der Waals surface area contributed by atoms with E-state index < -0.39 is 0 Å². The molecule has 0 saturated heterocycles. The maximum atomic E-state index is 5.61. The van der Waals surface area contributed by atoms with E-state index in [2.05, 4.69) is 26.2 Å². The molecule has 0 fully saturated rings. The molecule has 0 aliphatic heterocycles. The Hall–Kier alpha value is -1.88. The monoisotopic (exact) mass is 303 g/mol. The predicted octanol–water partition coefficient (Wildman–Crippen LogP) is 2.82. The quantitative estimate of drug-likeness (QED) is 0.747. The van der Waals surface area contributed by atoms with E-state index in [1.54, 1.807) is 0 Å². The second-order valence-electron chi connectivity index (χ2n) is 3.85. The van der Waals surface area contributed by atoms with Crippen LogP contribution in [0.4, 0.5) is 0 Å². The average molecular weight is 304 g/mol. The second-order valence-corrected chi connectivity index (χ2v) is 4.77. The molecule has 18 heavy (non-hydrogen) atoms. The molecule has 0 radical (unpaired) electrons. The van der Waals surface area contributed by atoms with Crippen LogP contribution in [0.25, 0.3) is 11.0 Å². The molecule has 0 unspecified atom stereocenters. The summed E-state index contributed by atoms with van der Waals surface area (Å²) in [7, 11) is 0. The maximum absolute atomic E-state index is 5.61. The second kappa shape index (κ2) is 4.78. The SMILES string of the molecule is Brc1ccc(COn2nnc3ccccc32)cc1. The van der Waals surface area contributed by atoms with Crippen LogP contribution in [0, 0.1) is 0 Å². The molecule has 0 aliphatic carbocycles. The molecule has 4 nitrogen and oxygen atoms in total. The summed E-state index contributed by atoms with van der Waals surface area (Å²) in [5, 5.41) is 7.99. The van der Waals surface area contributed by atoms with Crippen molar-refractivity contribution in [2.24, 2.45) is 0 Å². The third kappa shape index (κ3) is 2.22. The molecule has 0 saturated carbocycles. The molecular formula is C13H10BrN3O. The Morgan fingerprint density at radius 2 is 1.83 bits per heavy atom. The number of hydrogen-bond donors (Lipinski definition) is 0. The Morgan fingerprint density at radius 3 is 2.67 bits per heavy atom. The molecule has 3 rings (SSSR count). The number of para-hydroxylation sites is 1. The first-order valence-corrected chi connectivity index (χ1v) is 6.30. The van der Waals surface area contributed by atoms with Crippen LogP contribution in [0.2, 0.25) is 0 Å². The van der Waals surface area contributed by atoms with Crippen molar-refractivity contribution in [3.8, 4) is 0 Å². The van der Waals surface area contributed by atoms with E-state index in [1.165, 1.54) is 4.85 Å². The zero-order valence-corrected chi connectivity index (χ0v) is 11.0. The third-order valence-electron chi connectivity index (χ3n) is 2.59. The van der Waals surface area contributed by atoms with E-state index in [1.807, 2.05) is 48.5 Å². The molecule has 1 heterocycles. The van der Waals surface area contributed by atoms with E-state index in [0.717, 1.165) is 21.1 Å². The summed E-state index contributed by atoms with van der Waals surface area (Å²) in [5.74, 6) is 0. The van der Waals surface area contributed by atoms with Crippen LogP contribution in [0.3, 0.4) is 0 Å². The van der Waals surface area contributed by atoms with Crippen molar-refractivity contribution in [1.82, 2.24) is 15.2 Å². The highest BCUT2D eigenvalue weighted by Gasteiger charge is 2.03. The fourth-order valence-corrected chi connectivity index (χ4v) is 1.92. The smallest absolute Gasteiger partial charge is 0.142 e. The predicted molar refractivity (Wildman–Crippen MR) is 72.0 cm³/mol. The fraction of sp³-hybridized carbons (Fsp3) is 0.0769. The Kier molecular flexibility index (Phi) is 2.98. The minimum Gasteiger partial charge on any atom is -0.390 e. The molecule has 0 atom stereocenters. The number of nitrogens with zero attached hydrogens (tertiary/aromatic N) is 3.